The van der Waals surface area contributed by atoms with Crippen molar-refractivity contribution in [2.75, 3.05) is 0 Å². The minimum absolute atomic E-state index is 0.890. The fourth-order valence-electron chi connectivity index (χ4n) is 4.87. The largest absolute Gasteiger partial charge is 0.124 e. The molecule has 0 nitrogen and oxygen atoms in total. The molecule has 4 aliphatic carbocycles. The van der Waals surface area contributed by atoms with Crippen LogP contribution < -0.4 is 0 Å². The Hall–Kier alpha value is -0.620. The molecule has 0 aromatic heterocycles. The quantitative estimate of drug-likeness (QED) is 0.546. The number of rotatable bonds is 0. The first-order valence-corrected chi connectivity index (χ1v) is 7.32. The zero-order chi connectivity index (χ0) is 11.4. The Balaban J connectivity index is 1.70. The predicted octanol–water partition coefficient (Wildman–Crippen LogP) is 4.64. The lowest BCUT2D eigenvalue weighted by Crippen LogP contribution is -2.19. The van der Waals surface area contributed by atoms with Crippen LogP contribution in [-0.2, 0) is 0 Å². The number of halogens is 1. The third-order valence-electron chi connectivity index (χ3n) is 5.43. The van der Waals surface area contributed by atoms with E-state index in [0.29, 0.717) is 0 Å². The lowest BCUT2D eigenvalue weighted by atomic mass is 9.77. The maximum atomic E-state index is 6.12. The van der Waals surface area contributed by atoms with Crippen LogP contribution in [0.1, 0.15) is 32.1 Å². The summed E-state index contributed by atoms with van der Waals surface area (Å²) < 4.78 is 0. The first kappa shape index (κ1) is 10.3. The minimum Gasteiger partial charge on any atom is -0.0604 e. The third-order valence-corrected chi connectivity index (χ3v) is 5.66. The van der Waals surface area contributed by atoms with E-state index in [0.717, 1.165) is 28.7 Å². The van der Waals surface area contributed by atoms with E-state index in [9.17, 15) is 0 Å². The van der Waals surface area contributed by atoms with E-state index in [1.165, 1.54) is 37.7 Å². The first-order chi connectivity index (χ1) is 8.33. The van der Waals surface area contributed by atoms with Gasteiger partial charge in [0.1, 0.15) is 5.03 Å². The van der Waals surface area contributed by atoms with E-state index >= 15 is 0 Å². The van der Waals surface area contributed by atoms with Gasteiger partial charge in [0, 0.05) is 36.5 Å². The molecule has 17 heavy (non-hydrogen) atoms. The minimum atomic E-state index is 0.890. The van der Waals surface area contributed by atoms with Gasteiger partial charge in [0.25, 0.3) is 0 Å². The molecule has 3 saturated carbocycles. The molecular formula is C16H18Cl+. The van der Waals surface area contributed by atoms with E-state index in [4.69, 9.17) is 11.6 Å². The van der Waals surface area contributed by atoms with Gasteiger partial charge in [-0.15, -0.1) is 0 Å². The molecule has 2 bridgehead atoms. The maximum Gasteiger partial charge on any atom is 0.124 e. The zero-order valence-corrected chi connectivity index (χ0v) is 10.8. The average Bonchev–Trinajstić information content (AvgIpc) is 3.01. The monoisotopic (exact) mass is 245 g/mol. The molecule has 0 unspecified atom stereocenters. The van der Waals surface area contributed by atoms with Crippen LogP contribution in [0.2, 0.25) is 0 Å². The molecule has 0 N–H and O–H groups in total. The second kappa shape index (κ2) is 3.68. The van der Waals surface area contributed by atoms with Crippen LogP contribution >= 0.6 is 11.6 Å². The molecule has 4 atom stereocenters. The molecule has 4 rings (SSSR count). The van der Waals surface area contributed by atoms with Crippen molar-refractivity contribution >= 4 is 11.6 Å². The standard InChI is InChI=1S/C16H18Cl/c17-12-4-1-3-10(7-12)15-8-11-9-16(15)14-6-2-5-13(11)14/h1,3-4,7,11,13-14,16H,2,5-6,8-9H2/q+1/b15-10+/t11-,13+,14+,16+/m1/s1. The summed E-state index contributed by atoms with van der Waals surface area (Å²) in [5, 5.41) is 0.890. The Morgan fingerprint density at radius 1 is 1.24 bits per heavy atom. The Kier molecular flexibility index (Phi) is 2.24. The van der Waals surface area contributed by atoms with Crippen molar-refractivity contribution in [1.29, 1.82) is 0 Å². The van der Waals surface area contributed by atoms with E-state index in [1.807, 2.05) is 6.08 Å². The van der Waals surface area contributed by atoms with Gasteiger partial charge in [-0.25, -0.2) is 0 Å². The normalized spacial score (nSPS) is 47.0. The molecule has 88 valence electrons. The second-order valence-corrected chi connectivity index (χ2v) is 6.54. The topological polar surface area (TPSA) is 0 Å². The molecule has 0 amide bonds. The Bertz CT molecular complexity index is 440. The Morgan fingerprint density at radius 2 is 2.12 bits per heavy atom. The van der Waals surface area contributed by atoms with Gasteiger partial charge in [0.05, 0.1) is 11.6 Å². The number of fused-ring (bicyclic) bond motifs is 5. The molecule has 4 aliphatic rings. The van der Waals surface area contributed by atoms with Crippen LogP contribution in [0.3, 0.4) is 0 Å². The highest BCUT2D eigenvalue weighted by Gasteiger charge is 2.54. The molecule has 0 heterocycles. The highest BCUT2D eigenvalue weighted by atomic mass is 35.5. The zero-order valence-electron chi connectivity index (χ0n) is 10.0. The van der Waals surface area contributed by atoms with Crippen molar-refractivity contribution in [1.82, 2.24) is 0 Å². The summed E-state index contributed by atoms with van der Waals surface area (Å²) in [7, 11) is 0. The van der Waals surface area contributed by atoms with Crippen molar-refractivity contribution < 1.29 is 0 Å². The summed E-state index contributed by atoms with van der Waals surface area (Å²) in [5.74, 6) is 3.98. The summed E-state index contributed by atoms with van der Waals surface area (Å²) in [4.78, 5) is 0. The molecule has 0 aromatic carbocycles. The van der Waals surface area contributed by atoms with Gasteiger partial charge in [-0.2, -0.15) is 0 Å². The van der Waals surface area contributed by atoms with Crippen LogP contribution in [0.4, 0.5) is 0 Å². The molecule has 0 spiro atoms. The third kappa shape index (κ3) is 1.46. The summed E-state index contributed by atoms with van der Waals surface area (Å²) in [6.07, 6.45) is 15.8. The molecule has 0 radical (unpaired) electrons. The molecule has 0 aromatic rings. The highest BCUT2D eigenvalue weighted by molar-refractivity contribution is 6.31. The SMILES string of the molecule is ClC1=C/C(=C2\C[C@@H]3C[C@H]2[C@H]2CCC[C@@H]32)[CH+]C=C1. The van der Waals surface area contributed by atoms with Gasteiger partial charge in [-0.05, 0) is 37.0 Å². The fraction of sp³-hybridized carbons (Fsp3) is 0.562. The van der Waals surface area contributed by atoms with E-state index in [1.54, 1.807) is 5.57 Å². The van der Waals surface area contributed by atoms with Crippen molar-refractivity contribution in [3.05, 3.63) is 40.8 Å². The lowest BCUT2D eigenvalue weighted by molar-refractivity contribution is 0.304. The second-order valence-electron chi connectivity index (χ2n) is 6.10. The van der Waals surface area contributed by atoms with Gasteiger partial charge in [-0.1, -0.05) is 18.0 Å². The van der Waals surface area contributed by atoms with Crippen molar-refractivity contribution in [2.45, 2.75) is 32.1 Å². The molecule has 3 fully saturated rings. The van der Waals surface area contributed by atoms with E-state index in [2.05, 4.69) is 18.6 Å². The Labute approximate surface area is 108 Å². The first-order valence-electron chi connectivity index (χ1n) is 6.94. The smallest absolute Gasteiger partial charge is 0.0604 e. The predicted molar refractivity (Wildman–Crippen MR) is 71.4 cm³/mol. The van der Waals surface area contributed by atoms with Crippen LogP contribution in [0.5, 0.6) is 0 Å². The van der Waals surface area contributed by atoms with Gasteiger partial charge in [-0.3, -0.25) is 0 Å². The van der Waals surface area contributed by atoms with Gasteiger partial charge >= 0.3 is 0 Å². The molecular weight excluding hydrogens is 228 g/mol. The van der Waals surface area contributed by atoms with Crippen molar-refractivity contribution in [2.24, 2.45) is 23.7 Å². The van der Waals surface area contributed by atoms with Crippen LogP contribution in [0.25, 0.3) is 0 Å². The molecule has 0 saturated heterocycles. The summed E-state index contributed by atoms with van der Waals surface area (Å²) >= 11 is 6.12. The van der Waals surface area contributed by atoms with Crippen molar-refractivity contribution in [3.63, 3.8) is 0 Å². The van der Waals surface area contributed by atoms with E-state index in [-0.39, 0.29) is 0 Å². The van der Waals surface area contributed by atoms with Crippen LogP contribution in [0, 0.1) is 30.1 Å². The number of hydrogen-bond donors (Lipinski definition) is 0. The van der Waals surface area contributed by atoms with Crippen LogP contribution in [-0.4, -0.2) is 0 Å². The van der Waals surface area contributed by atoms with Gasteiger partial charge in [0.15, 0.2) is 0 Å². The number of hydrogen-bond acceptors (Lipinski definition) is 0. The fourth-order valence-corrected chi connectivity index (χ4v) is 5.06. The molecule has 1 heteroatoms. The van der Waals surface area contributed by atoms with Gasteiger partial charge in [0.2, 0.25) is 0 Å². The molecule has 0 aliphatic heterocycles. The van der Waals surface area contributed by atoms with Crippen LogP contribution in [0.15, 0.2) is 34.4 Å². The Morgan fingerprint density at radius 3 is 3.00 bits per heavy atom. The van der Waals surface area contributed by atoms with Crippen molar-refractivity contribution in [3.8, 4) is 0 Å². The summed E-state index contributed by atoms with van der Waals surface area (Å²) in [5.41, 5.74) is 3.15. The maximum absolute atomic E-state index is 6.12. The summed E-state index contributed by atoms with van der Waals surface area (Å²) in [6.45, 7) is 0. The highest BCUT2D eigenvalue weighted by Crippen LogP contribution is 2.61. The average molecular weight is 246 g/mol. The van der Waals surface area contributed by atoms with E-state index < -0.39 is 0 Å². The van der Waals surface area contributed by atoms with Gasteiger partial charge < -0.3 is 0 Å². The lowest BCUT2D eigenvalue weighted by Gasteiger charge is -2.25. The number of allylic oxidation sites excluding steroid dienone is 6. The summed E-state index contributed by atoms with van der Waals surface area (Å²) in [6, 6.07) is 0.